The number of hydrogen-bond acceptors (Lipinski definition) is 4. The lowest BCUT2D eigenvalue weighted by molar-refractivity contribution is -0.126. The maximum absolute atomic E-state index is 13.2. The van der Waals surface area contributed by atoms with Crippen molar-refractivity contribution in [3.8, 4) is 0 Å². The average molecular weight is 496 g/mol. The van der Waals surface area contributed by atoms with Crippen molar-refractivity contribution in [1.82, 2.24) is 10.2 Å². The van der Waals surface area contributed by atoms with Crippen molar-refractivity contribution < 1.29 is 19.2 Å². The smallest absolute Gasteiger partial charge is 0.262 e. The predicted octanol–water partition coefficient (Wildman–Crippen LogP) is 4.39. The van der Waals surface area contributed by atoms with Crippen LogP contribution in [0.25, 0.3) is 0 Å². The predicted molar refractivity (Wildman–Crippen MR) is 129 cm³/mol. The fourth-order valence-electron chi connectivity index (χ4n) is 3.67. The highest BCUT2D eigenvalue weighted by molar-refractivity contribution is 6.35. The topological polar surface area (TPSA) is 95.6 Å². The molecule has 1 atom stereocenters. The van der Waals surface area contributed by atoms with Gasteiger partial charge in [-0.05, 0) is 42.8 Å². The number of aryl methyl sites for hydroxylation is 1. The molecule has 0 fully saturated rings. The third kappa shape index (κ3) is 4.66. The van der Waals surface area contributed by atoms with E-state index in [-0.39, 0.29) is 16.1 Å². The molecule has 4 rings (SSSR count). The zero-order chi connectivity index (χ0) is 24.4. The van der Waals surface area contributed by atoms with Crippen LogP contribution < -0.4 is 10.6 Å². The molecule has 172 valence electrons. The van der Waals surface area contributed by atoms with E-state index < -0.39 is 36.2 Å². The van der Waals surface area contributed by atoms with Crippen molar-refractivity contribution in [2.75, 3.05) is 11.9 Å². The van der Waals surface area contributed by atoms with Gasteiger partial charge in [-0.2, -0.15) is 0 Å². The highest BCUT2D eigenvalue weighted by atomic mass is 35.5. The van der Waals surface area contributed by atoms with Crippen LogP contribution in [0, 0.1) is 6.92 Å². The number of carbonyl (C=O) groups excluding carboxylic acids is 4. The Morgan fingerprint density at radius 2 is 1.53 bits per heavy atom. The van der Waals surface area contributed by atoms with Crippen LogP contribution in [0.15, 0.2) is 66.7 Å². The fourth-order valence-corrected chi connectivity index (χ4v) is 4.19. The SMILES string of the molecule is Cc1ccccc1NC(=O)[C@@H](NC(=O)CN1C(=O)c2ccccc2C1=O)c1ccc(Cl)cc1Cl. The van der Waals surface area contributed by atoms with E-state index in [1.54, 1.807) is 30.3 Å². The Morgan fingerprint density at radius 1 is 0.912 bits per heavy atom. The third-order valence-corrected chi connectivity index (χ3v) is 5.99. The average Bonchev–Trinajstić information content (AvgIpc) is 3.04. The number of hydrogen-bond donors (Lipinski definition) is 2. The second kappa shape index (κ2) is 9.67. The first-order chi connectivity index (χ1) is 16.3. The molecule has 0 radical (unpaired) electrons. The number of benzene rings is 3. The first-order valence-electron chi connectivity index (χ1n) is 10.3. The molecule has 0 spiro atoms. The Balaban J connectivity index is 1.57. The van der Waals surface area contributed by atoms with E-state index in [0.29, 0.717) is 16.3 Å². The summed E-state index contributed by atoms with van der Waals surface area (Å²) in [4.78, 5) is 52.2. The summed E-state index contributed by atoms with van der Waals surface area (Å²) in [7, 11) is 0. The van der Waals surface area contributed by atoms with Gasteiger partial charge in [0.15, 0.2) is 0 Å². The van der Waals surface area contributed by atoms with Gasteiger partial charge in [-0.1, -0.05) is 59.6 Å². The minimum atomic E-state index is -1.20. The molecule has 2 N–H and O–H groups in total. The molecule has 4 amide bonds. The van der Waals surface area contributed by atoms with Gasteiger partial charge in [0.1, 0.15) is 12.6 Å². The zero-order valence-electron chi connectivity index (χ0n) is 18.0. The van der Waals surface area contributed by atoms with Crippen LogP contribution in [0.3, 0.4) is 0 Å². The van der Waals surface area contributed by atoms with Crippen LogP contribution in [0.5, 0.6) is 0 Å². The Morgan fingerprint density at radius 3 is 2.15 bits per heavy atom. The monoisotopic (exact) mass is 495 g/mol. The van der Waals surface area contributed by atoms with Crippen LogP contribution in [0.1, 0.15) is 37.9 Å². The number of anilines is 1. The van der Waals surface area contributed by atoms with E-state index in [4.69, 9.17) is 23.2 Å². The van der Waals surface area contributed by atoms with Gasteiger partial charge in [0.25, 0.3) is 17.7 Å². The minimum absolute atomic E-state index is 0.179. The highest BCUT2D eigenvalue weighted by Gasteiger charge is 2.37. The van der Waals surface area contributed by atoms with Crippen molar-refractivity contribution in [2.45, 2.75) is 13.0 Å². The number of amides is 4. The normalized spacial score (nSPS) is 13.4. The van der Waals surface area contributed by atoms with E-state index in [1.807, 2.05) is 19.1 Å². The number of rotatable bonds is 6. The van der Waals surface area contributed by atoms with Crippen LogP contribution in [0.2, 0.25) is 10.0 Å². The Labute approximate surface area is 205 Å². The molecule has 1 aliphatic heterocycles. The quantitative estimate of drug-likeness (QED) is 0.495. The lowest BCUT2D eigenvalue weighted by Crippen LogP contribution is -2.44. The number of nitrogens with zero attached hydrogens (tertiary/aromatic N) is 1. The maximum atomic E-state index is 13.2. The van der Waals surface area contributed by atoms with Crippen molar-refractivity contribution in [3.05, 3.63) is 99.0 Å². The molecule has 0 unspecified atom stereocenters. The summed E-state index contributed by atoms with van der Waals surface area (Å²) in [5.74, 6) is -2.39. The zero-order valence-corrected chi connectivity index (χ0v) is 19.5. The van der Waals surface area contributed by atoms with Gasteiger partial charge in [-0.3, -0.25) is 24.1 Å². The van der Waals surface area contributed by atoms with Crippen LogP contribution in [-0.4, -0.2) is 35.1 Å². The lowest BCUT2D eigenvalue weighted by atomic mass is 10.1. The van der Waals surface area contributed by atoms with E-state index in [1.165, 1.54) is 24.3 Å². The molecular formula is C25H19Cl2N3O4. The van der Waals surface area contributed by atoms with Crippen molar-refractivity contribution in [3.63, 3.8) is 0 Å². The number of para-hydroxylation sites is 1. The molecule has 1 heterocycles. The van der Waals surface area contributed by atoms with E-state index in [9.17, 15) is 19.2 Å². The first-order valence-corrected chi connectivity index (χ1v) is 11.1. The summed E-state index contributed by atoms with van der Waals surface area (Å²) in [6.07, 6.45) is 0. The molecule has 0 aliphatic carbocycles. The lowest BCUT2D eigenvalue weighted by Gasteiger charge is -2.22. The van der Waals surface area contributed by atoms with E-state index in [0.717, 1.165) is 10.5 Å². The fraction of sp³-hybridized carbons (Fsp3) is 0.120. The number of nitrogens with one attached hydrogen (secondary N) is 2. The number of halogens is 2. The van der Waals surface area contributed by atoms with Gasteiger partial charge < -0.3 is 10.6 Å². The molecule has 0 aromatic heterocycles. The van der Waals surface area contributed by atoms with Gasteiger partial charge in [-0.25, -0.2) is 0 Å². The summed E-state index contributed by atoms with van der Waals surface area (Å²) in [5, 5.41) is 5.94. The molecule has 0 saturated heterocycles. The Kier molecular flexibility index (Phi) is 6.68. The summed E-state index contributed by atoms with van der Waals surface area (Å²) in [5.41, 5.74) is 2.17. The summed E-state index contributed by atoms with van der Waals surface area (Å²) < 4.78 is 0. The molecule has 34 heavy (non-hydrogen) atoms. The highest BCUT2D eigenvalue weighted by Crippen LogP contribution is 2.28. The Bertz CT molecular complexity index is 1290. The summed E-state index contributed by atoms with van der Waals surface area (Å²) in [6.45, 7) is 1.28. The minimum Gasteiger partial charge on any atom is -0.339 e. The third-order valence-electron chi connectivity index (χ3n) is 5.42. The second-order valence-corrected chi connectivity index (χ2v) is 8.56. The van der Waals surface area contributed by atoms with Crippen molar-refractivity contribution in [2.24, 2.45) is 0 Å². The van der Waals surface area contributed by atoms with E-state index >= 15 is 0 Å². The van der Waals surface area contributed by atoms with Crippen molar-refractivity contribution >= 4 is 52.5 Å². The van der Waals surface area contributed by atoms with Gasteiger partial charge in [0.2, 0.25) is 5.91 Å². The van der Waals surface area contributed by atoms with Crippen LogP contribution in [-0.2, 0) is 9.59 Å². The van der Waals surface area contributed by atoms with E-state index in [2.05, 4.69) is 10.6 Å². The summed E-state index contributed by atoms with van der Waals surface area (Å²) >= 11 is 12.3. The van der Waals surface area contributed by atoms with Crippen molar-refractivity contribution in [1.29, 1.82) is 0 Å². The number of imide groups is 1. The standard InChI is InChI=1S/C25H19Cl2N3O4/c1-14-6-2-5-9-20(14)28-23(32)22(18-11-10-15(26)12-19(18)27)29-21(31)13-30-24(33)16-7-3-4-8-17(16)25(30)34/h2-12,22H,13H2,1H3,(H,28,32)(H,29,31)/t22-/m0/s1. The molecule has 0 bridgehead atoms. The van der Waals surface area contributed by atoms with Gasteiger partial charge >= 0.3 is 0 Å². The molecule has 3 aromatic carbocycles. The molecular weight excluding hydrogens is 477 g/mol. The number of carbonyl (C=O) groups is 4. The second-order valence-electron chi connectivity index (χ2n) is 7.71. The largest absolute Gasteiger partial charge is 0.339 e. The molecule has 9 heteroatoms. The maximum Gasteiger partial charge on any atom is 0.262 e. The van der Waals surface area contributed by atoms with Gasteiger partial charge in [0, 0.05) is 21.3 Å². The first kappa shape index (κ1) is 23.5. The summed E-state index contributed by atoms with van der Waals surface area (Å²) in [6, 6.07) is 16.9. The van der Waals surface area contributed by atoms with Crippen LogP contribution in [0.4, 0.5) is 5.69 Å². The molecule has 3 aromatic rings. The number of fused-ring (bicyclic) bond motifs is 1. The van der Waals surface area contributed by atoms with Gasteiger partial charge in [-0.15, -0.1) is 0 Å². The van der Waals surface area contributed by atoms with Gasteiger partial charge in [0.05, 0.1) is 11.1 Å². The Hall–Kier alpha value is -3.68. The van der Waals surface area contributed by atoms with Crippen LogP contribution >= 0.6 is 23.2 Å². The molecule has 1 aliphatic rings. The molecule has 7 nitrogen and oxygen atoms in total. The molecule has 0 saturated carbocycles.